The first-order chi connectivity index (χ1) is 17.6. The normalized spacial score (nSPS) is 13.2. The molecule has 0 spiro atoms. The second kappa shape index (κ2) is 25.4. The Hall–Kier alpha value is 0.158. The predicted octanol–water partition coefficient (Wildman–Crippen LogP) is 4.09. The van der Waals surface area contributed by atoms with E-state index in [1.807, 2.05) is 0 Å². The van der Waals surface area contributed by atoms with Crippen molar-refractivity contribution in [2.45, 2.75) is 64.2 Å². The van der Waals surface area contributed by atoms with Crippen LogP contribution in [0, 0.1) is 0 Å². The second-order valence-electron chi connectivity index (χ2n) is 8.41. The molecule has 36 heavy (non-hydrogen) atoms. The van der Waals surface area contributed by atoms with Gasteiger partial charge in [-0.2, -0.15) is 0 Å². The molecule has 220 valence electrons. The van der Waals surface area contributed by atoms with E-state index in [-0.39, 0.29) is 0 Å². The van der Waals surface area contributed by atoms with E-state index in [0.29, 0.717) is 66.1 Å². The zero-order valence-electron chi connectivity index (χ0n) is 23.7. The molecule has 0 saturated heterocycles. The van der Waals surface area contributed by atoms with Crippen LogP contribution >= 0.6 is 0 Å². The SMILES string of the molecule is COCCCCO[As](OCCCCOC)(OCCCCOC)(OCCCCOC)OCCCCOC. The summed E-state index contributed by atoms with van der Waals surface area (Å²) in [6.07, 6.45) is 8.22. The Bertz CT molecular complexity index is 360. The van der Waals surface area contributed by atoms with Gasteiger partial charge in [-0.05, 0) is 0 Å². The van der Waals surface area contributed by atoms with Gasteiger partial charge in [0, 0.05) is 0 Å². The van der Waals surface area contributed by atoms with E-state index in [4.69, 9.17) is 42.3 Å². The van der Waals surface area contributed by atoms with Gasteiger partial charge in [0.25, 0.3) is 0 Å². The van der Waals surface area contributed by atoms with Crippen molar-refractivity contribution >= 4 is 14.2 Å². The Labute approximate surface area is 222 Å². The van der Waals surface area contributed by atoms with Gasteiger partial charge in [0.15, 0.2) is 0 Å². The van der Waals surface area contributed by atoms with E-state index in [1.54, 1.807) is 35.5 Å². The van der Waals surface area contributed by atoms with Crippen LogP contribution in [-0.4, -0.2) is 116 Å². The molecule has 0 aromatic rings. The molecule has 0 atom stereocenters. The summed E-state index contributed by atoms with van der Waals surface area (Å²) in [5, 5.41) is 0. The van der Waals surface area contributed by atoms with Crippen molar-refractivity contribution < 1.29 is 42.3 Å². The van der Waals surface area contributed by atoms with Gasteiger partial charge >= 0.3 is 222 Å². The van der Waals surface area contributed by atoms with Crippen molar-refractivity contribution in [3.63, 3.8) is 0 Å². The molecule has 10 nitrogen and oxygen atoms in total. The number of unbranched alkanes of at least 4 members (excludes halogenated alkanes) is 5. The minimum atomic E-state index is -5.06. The monoisotopic (exact) mass is 590 g/mol. The van der Waals surface area contributed by atoms with E-state index in [2.05, 4.69) is 0 Å². The van der Waals surface area contributed by atoms with E-state index >= 15 is 0 Å². The van der Waals surface area contributed by atoms with Crippen LogP contribution in [0.5, 0.6) is 0 Å². The van der Waals surface area contributed by atoms with Crippen LogP contribution < -0.4 is 0 Å². The maximum atomic E-state index is 6.50. The molecule has 0 bridgehead atoms. The Kier molecular flexibility index (Phi) is 25.5. The van der Waals surface area contributed by atoms with E-state index in [1.165, 1.54) is 0 Å². The van der Waals surface area contributed by atoms with Crippen LogP contribution in [0.3, 0.4) is 0 Å². The third-order valence-electron chi connectivity index (χ3n) is 5.22. The van der Waals surface area contributed by atoms with Gasteiger partial charge in [-0.1, -0.05) is 0 Å². The molecule has 11 heteroatoms. The topological polar surface area (TPSA) is 92.3 Å². The fourth-order valence-corrected chi connectivity index (χ4v) is 9.23. The second-order valence-corrected chi connectivity index (χ2v) is 14.2. The average Bonchev–Trinajstić information content (AvgIpc) is 2.88. The van der Waals surface area contributed by atoms with Crippen molar-refractivity contribution in [2.24, 2.45) is 0 Å². The summed E-state index contributed by atoms with van der Waals surface area (Å²) < 4.78 is 58.5. The third kappa shape index (κ3) is 18.4. The molecule has 0 rings (SSSR count). The summed E-state index contributed by atoms with van der Waals surface area (Å²) in [4.78, 5) is 0. The Morgan fingerprint density at radius 2 is 0.444 bits per heavy atom. The summed E-state index contributed by atoms with van der Waals surface area (Å²) in [6, 6.07) is 0. The first kappa shape index (κ1) is 36.2. The van der Waals surface area contributed by atoms with Gasteiger partial charge in [-0.25, -0.2) is 0 Å². The van der Waals surface area contributed by atoms with Crippen LogP contribution in [0.4, 0.5) is 0 Å². The molecular weight excluding hydrogens is 535 g/mol. The fourth-order valence-electron chi connectivity index (χ4n) is 3.18. The molecule has 0 N–H and O–H groups in total. The molecule has 0 aliphatic heterocycles. The van der Waals surface area contributed by atoms with Gasteiger partial charge in [-0.3, -0.25) is 0 Å². The minimum absolute atomic E-state index is 0.404. The van der Waals surface area contributed by atoms with E-state index in [9.17, 15) is 0 Å². The number of methoxy groups -OCH3 is 5. The van der Waals surface area contributed by atoms with Crippen LogP contribution in [0.2, 0.25) is 0 Å². The van der Waals surface area contributed by atoms with Crippen molar-refractivity contribution in [2.75, 3.05) is 102 Å². The average molecular weight is 591 g/mol. The van der Waals surface area contributed by atoms with Crippen LogP contribution in [-0.2, 0) is 42.3 Å². The molecule has 0 heterocycles. The summed E-state index contributed by atoms with van der Waals surface area (Å²) in [7, 11) is 8.48. The number of hydrogen-bond acceptors (Lipinski definition) is 10. The molecule has 0 fully saturated rings. The number of hydrogen-bond donors (Lipinski definition) is 0. The maximum absolute atomic E-state index is 6.50. The molecule has 0 radical (unpaired) electrons. The van der Waals surface area contributed by atoms with Crippen LogP contribution in [0.1, 0.15) is 64.2 Å². The zero-order valence-corrected chi connectivity index (χ0v) is 25.5. The van der Waals surface area contributed by atoms with Crippen molar-refractivity contribution in [3.05, 3.63) is 0 Å². The molecule has 0 aliphatic carbocycles. The Morgan fingerprint density at radius 3 is 0.611 bits per heavy atom. The summed E-state index contributed by atoms with van der Waals surface area (Å²) in [5.74, 6) is 0. The zero-order chi connectivity index (χ0) is 26.7. The van der Waals surface area contributed by atoms with Crippen molar-refractivity contribution in [1.82, 2.24) is 0 Å². The van der Waals surface area contributed by atoms with Crippen LogP contribution in [0.15, 0.2) is 0 Å². The molecular formula is C25H55AsO10. The van der Waals surface area contributed by atoms with E-state index < -0.39 is 14.2 Å². The molecule has 0 aromatic heterocycles. The van der Waals surface area contributed by atoms with Crippen molar-refractivity contribution in [1.29, 1.82) is 0 Å². The number of rotatable bonds is 30. The summed E-state index contributed by atoms with van der Waals surface area (Å²) >= 11 is -5.06. The summed E-state index contributed by atoms with van der Waals surface area (Å²) in [5.41, 5.74) is 0. The Balaban J connectivity index is 5.68. The first-order valence-corrected chi connectivity index (χ1v) is 17.2. The standard InChI is InChI=1S/C25H55AsO10/c1-27-16-6-11-21-32-26(33-22-12-7-17-28-2,34-23-13-8-18-29-3,35-24-14-9-19-30-4)36-25-15-10-20-31-5/h6-25H2,1-5H3. The van der Waals surface area contributed by atoms with Crippen molar-refractivity contribution in [3.8, 4) is 0 Å². The van der Waals surface area contributed by atoms with Gasteiger partial charge in [0.1, 0.15) is 0 Å². The fraction of sp³-hybridized carbons (Fsp3) is 1.00. The third-order valence-corrected chi connectivity index (χ3v) is 11.6. The first-order valence-electron chi connectivity index (χ1n) is 13.3. The van der Waals surface area contributed by atoms with Gasteiger partial charge in [-0.15, -0.1) is 0 Å². The molecule has 0 unspecified atom stereocenters. The number of ether oxygens (including phenoxy) is 5. The predicted molar refractivity (Wildman–Crippen MR) is 141 cm³/mol. The summed E-state index contributed by atoms with van der Waals surface area (Å²) in [6.45, 7) is 5.33. The van der Waals surface area contributed by atoms with Crippen LogP contribution in [0.25, 0.3) is 0 Å². The van der Waals surface area contributed by atoms with Gasteiger partial charge in [0.05, 0.1) is 0 Å². The van der Waals surface area contributed by atoms with Gasteiger partial charge < -0.3 is 0 Å². The molecule has 0 amide bonds. The quantitative estimate of drug-likeness (QED) is 0.0900. The Morgan fingerprint density at radius 1 is 0.278 bits per heavy atom. The molecule has 0 aromatic carbocycles. The molecule has 0 aliphatic rings. The molecule has 0 saturated carbocycles. The van der Waals surface area contributed by atoms with E-state index in [0.717, 1.165) is 64.2 Å². The van der Waals surface area contributed by atoms with Gasteiger partial charge in [0.2, 0.25) is 0 Å².